The molecular weight excluding hydrogens is 302 g/mol. The Morgan fingerprint density at radius 1 is 1.25 bits per heavy atom. The molecular formula is C19H25N3O2. The van der Waals surface area contributed by atoms with Crippen LogP contribution >= 0.6 is 0 Å². The maximum atomic E-state index is 12.8. The predicted octanol–water partition coefficient (Wildman–Crippen LogP) is 4.13. The largest absolute Gasteiger partial charge is 0.494 e. The van der Waals surface area contributed by atoms with Crippen LogP contribution in [0.25, 0.3) is 0 Å². The first-order valence-corrected chi connectivity index (χ1v) is 8.55. The molecule has 0 saturated heterocycles. The molecule has 1 aromatic heterocycles. The lowest BCUT2D eigenvalue weighted by Crippen LogP contribution is -2.45. The fourth-order valence-corrected chi connectivity index (χ4v) is 3.34. The minimum atomic E-state index is -0.0506. The monoisotopic (exact) mass is 327 g/mol. The maximum absolute atomic E-state index is 12.8. The quantitative estimate of drug-likeness (QED) is 0.917. The minimum absolute atomic E-state index is 0.0506. The van der Waals surface area contributed by atoms with Gasteiger partial charge in [0.2, 0.25) is 0 Å². The van der Waals surface area contributed by atoms with Gasteiger partial charge in [0.05, 0.1) is 12.6 Å². The topological polar surface area (TPSA) is 46.5 Å². The van der Waals surface area contributed by atoms with Crippen molar-refractivity contribution < 1.29 is 9.53 Å². The molecule has 0 saturated carbocycles. The summed E-state index contributed by atoms with van der Waals surface area (Å²) in [4.78, 5) is 14.7. The van der Waals surface area contributed by atoms with Crippen molar-refractivity contribution in [3.8, 4) is 5.75 Å². The van der Waals surface area contributed by atoms with E-state index in [2.05, 4.69) is 42.1 Å². The molecule has 1 aromatic carbocycles. The van der Waals surface area contributed by atoms with Crippen molar-refractivity contribution in [1.29, 1.82) is 0 Å². The average Bonchev–Trinajstić information content (AvgIpc) is 3.04. The van der Waals surface area contributed by atoms with Crippen LogP contribution in [0.15, 0.2) is 42.6 Å². The highest BCUT2D eigenvalue weighted by Crippen LogP contribution is 2.32. The highest BCUT2D eigenvalue weighted by molar-refractivity contribution is 5.89. The molecule has 0 bridgehead atoms. The number of fused-ring (bicyclic) bond motifs is 1. The lowest BCUT2D eigenvalue weighted by atomic mass is 9.97. The van der Waals surface area contributed by atoms with E-state index in [0.29, 0.717) is 19.1 Å². The van der Waals surface area contributed by atoms with Gasteiger partial charge in [-0.2, -0.15) is 0 Å². The number of carbonyl (C=O) groups is 1. The van der Waals surface area contributed by atoms with Crippen LogP contribution in [0.3, 0.4) is 0 Å². The van der Waals surface area contributed by atoms with Crippen molar-refractivity contribution >= 4 is 11.7 Å². The van der Waals surface area contributed by atoms with E-state index in [1.54, 1.807) is 0 Å². The van der Waals surface area contributed by atoms with Crippen LogP contribution in [0, 0.1) is 5.92 Å². The summed E-state index contributed by atoms with van der Waals surface area (Å²) in [6, 6.07) is 11.7. The van der Waals surface area contributed by atoms with E-state index in [9.17, 15) is 4.79 Å². The fourth-order valence-electron chi connectivity index (χ4n) is 3.34. The Morgan fingerprint density at radius 2 is 2.00 bits per heavy atom. The highest BCUT2D eigenvalue weighted by atomic mass is 16.5. The van der Waals surface area contributed by atoms with Gasteiger partial charge in [-0.25, -0.2) is 4.79 Å². The maximum Gasteiger partial charge on any atom is 0.322 e. The molecule has 1 N–H and O–H groups in total. The van der Waals surface area contributed by atoms with Crippen molar-refractivity contribution in [3.05, 3.63) is 48.3 Å². The summed E-state index contributed by atoms with van der Waals surface area (Å²) < 4.78 is 7.68. The number of aromatic nitrogens is 1. The molecule has 2 heterocycles. The molecule has 2 aromatic rings. The van der Waals surface area contributed by atoms with Crippen LogP contribution in [-0.4, -0.2) is 28.6 Å². The number of carbonyl (C=O) groups excluding carboxylic acids is 1. The highest BCUT2D eigenvalue weighted by Gasteiger charge is 2.32. The molecule has 0 spiro atoms. The van der Waals surface area contributed by atoms with E-state index in [1.165, 1.54) is 5.69 Å². The van der Waals surface area contributed by atoms with Crippen molar-refractivity contribution in [1.82, 2.24) is 9.47 Å². The summed E-state index contributed by atoms with van der Waals surface area (Å²) in [5.41, 5.74) is 1.99. The van der Waals surface area contributed by atoms with E-state index in [0.717, 1.165) is 18.0 Å². The first-order valence-electron chi connectivity index (χ1n) is 8.55. The third kappa shape index (κ3) is 3.25. The molecule has 0 aliphatic carbocycles. The number of amides is 2. The first kappa shape index (κ1) is 16.4. The van der Waals surface area contributed by atoms with Crippen molar-refractivity contribution in [2.24, 2.45) is 5.92 Å². The standard InChI is InChI=1S/C19H25N3O2/c1-4-24-16-9-7-15(8-10-16)20-19(23)22-13-12-21-11-5-6-17(21)18(22)14(2)3/h5-11,14,18H,4,12-13H2,1-3H3,(H,20,23)/t18-/m1/s1. The Balaban J connectivity index is 1.74. The van der Waals surface area contributed by atoms with Gasteiger partial charge in [0.25, 0.3) is 0 Å². The summed E-state index contributed by atoms with van der Waals surface area (Å²) >= 11 is 0. The number of ether oxygens (including phenoxy) is 1. The van der Waals surface area contributed by atoms with Crippen molar-refractivity contribution in [3.63, 3.8) is 0 Å². The molecule has 5 nitrogen and oxygen atoms in total. The van der Waals surface area contributed by atoms with E-state index >= 15 is 0 Å². The van der Waals surface area contributed by atoms with Crippen LogP contribution in [0.1, 0.15) is 32.5 Å². The Kier molecular flexibility index (Phi) is 4.79. The van der Waals surface area contributed by atoms with Gasteiger partial charge >= 0.3 is 6.03 Å². The third-order valence-electron chi connectivity index (χ3n) is 4.39. The SMILES string of the molecule is CCOc1ccc(NC(=O)N2CCn3cccc3[C@H]2C(C)C)cc1. The molecule has 0 unspecified atom stereocenters. The molecule has 1 atom stereocenters. The molecule has 0 radical (unpaired) electrons. The Morgan fingerprint density at radius 3 is 2.67 bits per heavy atom. The molecule has 5 heteroatoms. The van der Waals surface area contributed by atoms with Gasteiger partial charge < -0.3 is 19.5 Å². The number of rotatable bonds is 4. The summed E-state index contributed by atoms with van der Waals surface area (Å²) in [5, 5.41) is 3.01. The molecule has 0 fully saturated rings. The summed E-state index contributed by atoms with van der Waals surface area (Å²) in [7, 11) is 0. The normalized spacial score (nSPS) is 16.8. The number of anilines is 1. The second-order valence-electron chi connectivity index (χ2n) is 6.40. The predicted molar refractivity (Wildman–Crippen MR) is 95.3 cm³/mol. The third-order valence-corrected chi connectivity index (χ3v) is 4.39. The molecule has 128 valence electrons. The van der Waals surface area contributed by atoms with Crippen LogP contribution in [0.2, 0.25) is 0 Å². The Labute approximate surface area is 143 Å². The van der Waals surface area contributed by atoms with Gasteiger partial charge in [-0.05, 0) is 49.2 Å². The van der Waals surface area contributed by atoms with E-state index in [4.69, 9.17) is 4.74 Å². The van der Waals surface area contributed by atoms with Gasteiger partial charge in [-0.15, -0.1) is 0 Å². The number of hydrogen-bond donors (Lipinski definition) is 1. The molecule has 1 aliphatic heterocycles. The van der Waals surface area contributed by atoms with E-state index in [-0.39, 0.29) is 12.1 Å². The van der Waals surface area contributed by atoms with Gasteiger partial charge in [-0.1, -0.05) is 13.8 Å². The lowest BCUT2D eigenvalue weighted by Gasteiger charge is -2.39. The fraction of sp³-hybridized carbons (Fsp3) is 0.421. The first-order chi connectivity index (χ1) is 11.6. The van der Waals surface area contributed by atoms with E-state index in [1.807, 2.05) is 36.1 Å². The number of benzene rings is 1. The number of urea groups is 1. The Hall–Kier alpha value is -2.43. The Bertz CT molecular complexity index is 691. The van der Waals surface area contributed by atoms with Gasteiger partial charge in [0, 0.05) is 30.7 Å². The second kappa shape index (κ2) is 6.99. The molecule has 3 rings (SSSR count). The van der Waals surface area contributed by atoms with Crippen LogP contribution in [0.4, 0.5) is 10.5 Å². The number of nitrogens with one attached hydrogen (secondary N) is 1. The molecule has 1 aliphatic rings. The summed E-state index contributed by atoms with van der Waals surface area (Å²) in [6.07, 6.45) is 2.09. The molecule has 2 amide bonds. The average molecular weight is 327 g/mol. The zero-order valence-electron chi connectivity index (χ0n) is 14.5. The zero-order valence-corrected chi connectivity index (χ0v) is 14.5. The van der Waals surface area contributed by atoms with Crippen LogP contribution in [-0.2, 0) is 6.54 Å². The van der Waals surface area contributed by atoms with Gasteiger partial charge in [0.1, 0.15) is 5.75 Å². The van der Waals surface area contributed by atoms with E-state index < -0.39 is 0 Å². The van der Waals surface area contributed by atoms with Crippen molar-refractivity contribution in [2.45, 2.75) is 33.4 Å². The smallest absolute Gasteiger partial charge is 0.322 e. The number of hydrogen-bond acceptors (Lipinski definition) is 2. The second-order valence-corrected chi connectivity index (χ2v) is 6.40. The molecule has 24 heavy (non-hydrogen) atoms. The van der Waals surface area contributed by atoms with Gasteiger partial charge in [0.15, 0.2) is 0 Å². The lowest BCUT2D eigenvalue weighted by molar-refractivity contribution is 0.144. The van der Waals surface area contributed by atoms with Crippen molar-refractivity contribution in [2.75, 3.05) is 18.5 Å². The minimum Gasteiger partial charge on any atom is -0.494 e. The summed E-state index contributed by atoms with van der Waals surface area (Å²) in [6.45, 7) is 8.45. The van der Waals surface area contributed by atoms with Gasteiger partial charge in [-0.3, -0.25) is 0 Å². The van der Waals surface area contributed by atoms with Crippen LogP contribution in [0.5, 0.6) is 5.75 Å². The number of nitrogens with zero attached hydrogens (tertiary/aromatic N) is 2. The zero-order chi connectivity index (χ0) is 17.1. The van der Waals surface area contributed by atoms with Crippen LogP contribution < -0.4 is 10.1 Å². The summed E-state index contributed by atoms with van der Waals surface area (Å²) in [5.74, 6) is 1.16.